The van der Waals surface area contributed by atoms with Crippen LogP contribution >= 0.6 is 0 Å². The molecule has 12 heavy (non-hydrogen) atoms. The molecule has 2 rings (SSSR count). The summed E-state index contributed by atoms with van der Waals surface area (Å²) in [7, 11) is 1.97. The van der Waals surface area contributed by atoms with E-state index < -0.39 is 0 Å². The Morgan fingerprint density at radius 3 is 3.00 bits per heavy atom. The van der Waals surface area contributed by atoms with Crippen LogP contribution in [-0.4, -0.2) is 13.6 Å². The van der Waals surface area contributed by atoms with Crippen LogP contribution in [0.5, 0.6) is 0 Å². The molecule has 64 valence electrons. The van der Waals surface area contributed by atoms with Crippen molar-refractivity contribution in [2.75, 3.05) is 18.6 Å². The van der Waals surface area contributed by atoms with Gasteiger partial charge < -0.3 is 5.01 Å². The summed E-state index contributed by atoms with van der Waals surface area (Å²) in [6, 6.07) is 6.64. The van der Waals surface area contributed by atoms with E-state index in [0.717, 1.165) is 13.0 Å². The Kier molecular flexibility index (Phi) is 1.77. The molecule has 0 aliphatic carbocycles. The summed E-state index contributed by atoms with van der Waals surface area (Å²) < 4.78 is 0. The standard InChI is InChI=1S/C10H14N2/c1-8-3-4-9-5-6-12(11-2)10(9)7-8/h3-4,7,11H,5-6H2,1-2H3. The van der Waals surface area contributed by atoms with Crippen LogP contribution in [-0.2, 0) is 6.42 Å². The Balaban J connectivity index is 2.42. The van der Waals surface area contributed by atoms with Gasteiger partial charge in [0.05, 0.1) is 5.69 Å². The van der Waals surface area contributed by atoms with Gasteiger partial charge in [-0.05, 0) is 30.5 Å². The van der Waals surface area contributed by atoms with Gasteiger partial charge >= 0.3 is 0 Å². The molecule has 0 aromatic heterocycles. The molecule has 1 aliphatic rings. The van der Waals surface area contributed by atoms with E-state index in [2.05, 4.69) is 35.6 Å². The van der Waals surface area contributed by atoms with Gasteiger partial charge in [-0.1, -0.05) is 12.1 Å². The molecule has 0 spiro atoms. The third-order valence-electron chi connectivity index (χ3n) is 2.41. The molecular weight excluding hydrogens is 148 g/mol. The Morgan fingerprint density at radius 1 is 1.42 bits per heavy atom. The number of nitrogens with zero attached hydrogens (tertiary/aromatic N) is 1. The highest BCUT2D eigenvalue weighted by molar-refractivity contribution is 5.58. The van der Waals surface area contributed by atoms with Crippen molar-refractivity contribution in [3.63, 3.8) is 0 Å². The van der Waals surface area contributed by atoms with Crippen molar-refractivity contribution < 1.29 is 0 Å². The molecule has 1 aromatic carbocycles. The number of rotatable bonds is 1. The van der Waals surface area contributed by atoms with Crippen molar-refractivity contribution in [2.45, 2.75) is 13.3 Å². The summed E-state index contributed by atoms with van der Waals surface area (Å²) in [4.78, 5) is 0. The van der Waals surface area contributed by atoms with Gasteiger partial charge in [0.15, 0.2) is 0 Å². The van der Waals surface area contributed by atoms with Crippen LogP contribution in [0.1, 0.15) is 11.1 Å². The zero-order valence-electron chi connectivity index (χ0n) is 7.59. The number of fused-ring (bicyclic) bond motifs is 1. The molecule has 1 aliphatic heterocycles. The number of anilines is 1. The fourth-order valence-corrected chi connectivity index (χ4v) is 1.72. The fourth-order valence-electron chi connectivity index (χ4n) is 1.72. The lowest BCUT2D eigenvalue weighted by Gasteiger charge is -2.17. The average Bonchev–Trinajstić information content (AvgIpc) is 2.46. The summed E-state index contributed by atoms with van der Waals surface area (Å²) in [5.74, 6) is 0. The zero-order chi connectivity index (χ0) is 8.55. The van der Waals surface area contributed by atoms with Gasteiger partial charge in [-0.25, -0.2) is 5.43 Å². The SMILES string of the molecule is CNN1CCc2ccc(C)cc21. The van der Waals surface area contributed by atoms with Crippen LogP contribution in [0.25, 0.3) is 0 Å². The molecule has 2 heteroatoms. The molecule has 0 amide bonds. The predicted molar refractivity (Wildman–Crippen MR) is 51.3 cm³/mol. The molecule has 2 nitrogen and oxygen atoms in total. The highest BCUT2D eigenvalue weighted by Gasteiger charge is 2.16. The Labute approximate surface area is 73.2 Å². The lowest BCUT2D eigenvalue weighted by Crippen LogP contribution is -2.32. The van der Waals surface area contributed by atoms with Gasteiger partial charge in [0.25, 0.3) is 0 Å². The highest BCUT2D eigenvalue weighted by atomic mass is 15.5. The van der Waals surface area contributed by atoms with Crippen molar-refractivity contribution in [2.24, 2.45) is 0 Å². The molecule has 0 unspecified atom stereocenters. The number of hydrogen-bond donors (Lipinski definition) is 1. The minimum Gasteiger partial charge on any atom is -0.308 e. The third kappa shape index (κ3) is 1.08. The van der Waals surface area contributed by atoms with Gasteiger partial charge in [-0.3, -0.25) is 0 Å². The molecule has 0 fully saturated rings. The molecule has 0 bridgehead atoms. The summed E-state index contributed by atoms with van der Waals surface area (Å²) in [6.45, 7) is 3.22. The van der Waals surface area contributed by atoms with Gasteiger partial charge in [0.1, 0.15) is 0 Å². The number of aryl methyl sites for hydroxylation is 1. The molecular formula is C10H14N2. The second-order valence-corrected chi connectivity index (χ2v) is 3.26. The maximum atomic E-state index is 3.18. The van der Waals surface area contributed by atoms with E-state index in [1.165, 1.54) is 16.8 Å². The van der Waals surface area contributed by atoms with Crippen LogP contribution in [0.2, 0.25) is 0 Å². The minimum absolute atomic E-state index is 1.09. The van der Waals surface area contributed by atoms with Gasteiger partial charge in [-0.15, -0.1) is 0 Å². The Bertz CT molecular complexity index is 294. The smallest absolute Gasteiger partial charge is 0.0554 e. The molecule has 0 saturated carbocycles. The van der Waals surface area contributed by atoms with Crippen LogP contribution in [0.15, 0.2) is 18.2 Å². The molecule has 1 N–H and O–H groups in total. The van der Waals surface area contributed by atoms with Gasteiger partial charge in [0, 0.05) is 13.6 Å². The second-order valence-electron chi connectivity index (χ2n) is 3.26. The van der Waals surface area contributed by atoms with Crippen molar-refractivity contribution in [1.82, 2.24) is 5.43 Å². The van der Waals surface area contributed by atoms with Crippen LogP contribution < -0.4 is 10.4 Å². The maximum Gasteiger partial charge on any atom is 0.0554 e. The Hall–Kier alpha value is -1.02. The molecule has 1 aromatic rings. The first kappa shape index (κ1) is 7.62. The lowest BCUT2D eigenvalue weighted by atomic mass is 10.1. The van der Waals surface area contributed by atoms with E-state index in [0.29, 0.717) is 0 Å². The number of hydrogen-bond acceptors (Lipinski definition) is 2. The number of hydrazine groups is 1. The summed E-state index contributed by atoms with van der Waals surface area (Å²) in [5.41, 5.74) is 7.31. The van der Waals surface area contributed by atoms with E-state index >= 15 is 0 Å². The van der Waals surface area contributed by atoms with E-state index in [4.69, 9.17) is 0 Å². The molecule has 0 saturated heterocycles. The summed E-state index contributed by atoms with van der Waals surface area (Å²) >= 11 is 0. The van der Waals surface area contributed by atoms with Gasteiger partial charge in [-0.2, -0.15) is 0 Å². The first-order chi connectivity index (χ1) is 5.81. The fraction of sp³-hybridized carbons (Fsp3) is 0.400. The van der Waals surface area contributed by atoms with Gasteiger partial charge in [0.2, 0.25) is 0 Å². The van der Waals surface area contributed by atoms with E-state index in [1.807, 2.05) is 7.05 Å². The Morgan fingerprint density at radius 2 is 2.25 bits per heavy atom. The van der Waals surface area contributed by atoms with Crippen LogP contribution in [0.4, 0.5) is 5.69 Å². The zero-order valence-corrected chi connectivity index (χ0v) is 7.59. The minimum atomic E-state index is 1.09. The van der Waals surface area contributed by atoms with Crippen LogP contribution in [0, 0.1) is 6.92 Å². The first-order valence-corrected chi connectivity index (χ1v) is 4.36. The topological polar surface area (TPSA) is 15.3 Å². The van der Waals surface area contributed by atoms with Crippen molar-refractivity contribution >= 4 is 5.69 Å². The maximum absolute atomic E-state index is 3.18. The normalized spacial score (nSPS) is 15.0. The van der Waals surface area contributed by atoms with Crippen LogP contribution in [0.3, 0.4) is 0 Å². The first-order valence-electron chi connectivity index (χ1n) is 4.36. The largest absolute Gasteiger partial charge is 0.308 e. The van der Waals surface area contributed by atoms with E-state index in [1.54, 1.807) is 0 Å². The van der Waals surface area contributed by atoms with Crippen molar-refractivity contribution in [1.29, 1.82) is 0 Å². The van der Waals surface area contributed by atoms with Crippen molar-refractivity contribution in [3.8, 4) is 0 Å². The monoisotopic (exact) mass is 162 g/mol. The summed E-state index contributed by atoms with van der Waals surface area (Å²) in [5, 5.41) is 2.20. The van der Waals surface area contributed by atoms with E-state index in [-0.39, 0.29) is 0 Å². The highest BCUT2D eigenvalue weighted by Crippen LogP contribution is 2.26. The quantitative estimate of drug-likeness (QED) is 0.673. The molecule has 1 heterocycles. The molecule has 0 radical (unpaired) electrons. The number of benzene rings is 1. The lowest BCUT2D eigenvalue weighted by molar-refractivity contribution is 0.734. The summed E-state index contributed by atoms with van der Waals surface area (Å²) in [6.07, 6.45) is 1.16. The average molecular weight is 162 g/mol. The van der Waals surface area contributed by atoms with E-state index in [9.17, 15) is 0 Å². The second kappa shape index (κ2) is 2.79. The van der Waals surface area contributed by atoms with Crippen molar-refractivity contribution in [3.05, 3.63) is 29.3 Å². The number of nitrogens with one attached hydrogen (secondary N) is 1. The predicted octanol–water partition coefficient (Wildman–Crippen LogP) is 1.49. The third-order valence-corrected chi connectivity index (χ3v) is 2.41. The molecule has 0 atom stereocenters.